The summed E-state index contributed by atoms with van der Waals surface area (Å²) >= 11 is 0. The van der Waals surface area contributed by atoms with Crippen molar-refractivity contribution >= 4 is 17.9 Å². The highest BCUT2D eigenvalue weighted by Gasteiger charge is 2.19. The molecule has 462 valence electrons. The van der Waals surface area contributed by atoms with Gasteiger partial charge in [0.25, 0.3) is 0 Å². The molecular weight excluding hydrogens is 985 g/mol. The first-order valence-electron chi connectivity index (χ1n) is 34.6. The van der Waals surface area contributed by atoms with Gasteiger partial charge in [0.05, 0.1) is 0 Å². The lowest BCUT2D eigenvalue weighted by atomic mass is 10.0. The number of allylic oxidation sites excluding steroid dienone is 14. The molecule has 6 heteroatoms. The smallest absolute Gasteiger partial charge is 0.306 e. The van der Waals surface area contributed by atoms with Crippen molar-refractivity contribution in [3.63, 3.8) is 0 Å². The molecule has 0 heterocycles. The van der Waals surface area contributed by atoms with Gasteiger partial charge >= 0.3 is 17.9 Å². The van der Waals surface area contributed by atoms with E-state index in [0.29, 0.717) is 19.3 Å². The Hall–Kier alpha value is -3.41. The van der Waals surface area contributed by atoms with E-state index in [4.69, 9.17) is 14.2 Å². The zero-order valence-electron chi connectivity index (χ0n) is 53.1. The van der Waals surface area contributed by atoms with Crippen LogP contribution in [0.5, 0.6) is 0 Å². The molecule has 1 unspecified atom stereocenters. The van der Waals surface area contributed by atoms with Crippen LogP contribution in [0.3, 0.4) is 0 Å². The summed E-state index contributed by atoms with van der Waals surface area (Å²) in [7, 11) is 0. The van der Waals surface area contributed by atoms with Crippen LogP contribution in [0.4, 0.5) is 0 Å². The minimum absolute atomic E-state index is 0.0766. The molecule has 0 bridgehead atoms. The van der Waals surface area contributed by atoms with Crippen molar-refractivity contribution in [2.45, 2.75) is 354 Å². The highest BCUT2D eigenvalue weighted by molar-refractivity contribution is 5.71. The summed E-state index contributed by atoms with van der Waals surface area (Å²) in [6, 6.07) is 0. The topological polar surface area (TPSA) is 78.9 Å². The molecule has 6 nitrogen and oxygen atoms in total. The highest BCUT2D eigenvalue weighted by Crippen LogP contribution is 2.17. The van der Waals surface area contributed by atoms with E-state index in [1.54, 1.807) is 0 Å². The fourth-order valence-corrected chi connectivity index (χ4v) is 9.93. The van der Waals surface area contributed by atoms with Crippen LogP contribution in [-0.2, 0) is 28.6 Å². The predicted octanol–water partition coefficient (Wildman–Crippen LogP) is 23.8. The second kappa shape index (κ2) is 68.1. The molecule has 0 aliphatic heterocycles. The van der Waals surface area contributed by atoms with Crippen molar-refractivity contribution in [2.75, 3.05) is 13.2 Å². The second-order valence-electron chi connectivity index (χ2n) is 23.1. The van der Waals surface area contributed by atoms with Gasteiger partial charge in [0.2, 0.25) is 0 Å². The number of carbonyl (C=O) groups excluding carboxylic acids is 3. The van der Waals surface area contributed by atoms with Crippen LogP contribution in [-0.4, -0.2) is 37.2 Å². The average molecular weight is 1120 g/mol. The summed E-state index contributed by atoms with van der Waals surface area (Å²) in [5, 5.41) is 0. The Morgan fingerprint density at radius 2 is 0.487 bits per heavy atom. The molecule has 0 radical (unpaired) electrons. The van der Waals surface area contributed by atoms with Gasteiger partial charge in [-0.2, -0.15) is 0 Å². The van der Waals surface area contributed by atoms with Gasteiger partial charge in [0.15, 0.2) is 6.10 Å². The molecule has 0 aliphatic rings. The quantitative estimate of drug-likeness (QED) is 0.0261. The Balaban J connectivity index is 4.20. The third-order valence-corrected chi connectivity index (χ3v) is 15.1. The first-order chi connectivity index (χ1) is 39.5. The summed E-state index contributed by atoms with van der Waals surface area (Å²) in [5.41, 5.74) is 0. The summed E-state index contributed by atoms with van der Waals surface area (Å²) in [5.74, 6) is -0.871. The minimum Gasteiger partial charge on any atom is -0.462 e. The van der Waals surface area contributed by atoms with E-state index < -0.39 is 6.10 Å². The Kier molecular flexibility index (Phi) is 65.2. The van der Waals surface area contributed by atoms with E-state index >= 15 is 0 Å². The summed E-state index contributed by atoms with van der Waals surface area (Å²) in [6.07, 6.45) is 90.4. The molecule has 80 heavy (non-hydrogen) atoms. The number of hydrogen-bond acceptors (Lipinski definition) is 6. The van der Waals surface area contributed by atoms with E-state index in [1.165, 1.54) is 212 Å². The van der Waals surface area contributed by atoms with E-state index in [-0.39, 0.29) is 31.1 Å². The van der Waals surface area contributed by atoms with Crippen molar-refractivity contribution in [1.82, 2.24) is 0 Å². The third kappa shape index (κ3) is 65.4. The highest BCUT2D eigenvalue weighted by atomic mass is 16.6. The SMILES string of the molecule is CC/C=C\C/C=C\C/C=C\C/C=C\C/C=C\CCCCCCCCCCCCCCCCCC(=O)OCC(COC(=O)CCCCCCC/C=C\CCCCC)OC(=O)CCCCCCCCCCC/C=C\CCCCCCCC. The van der Waals surface area contributed by atoms with E-state index in [2.05, 4.69) is 106 Å². The fourth-order valence-electron chi connectivity index (χ4n) is 9.93. The van der Waals surface area contributed by atoms with Crippen molar-refractivity contribution < 1.29 is 28.6 Å². The van der Waals surface area contributed by atoms with Gasteiger partial charge in [-0.1, -0.05) is 298 Å². The number of rotatable bonds is 63. The Morgan fingerprint density at radius 3 is 0.800 bits per heavy atom. The predicted molar refractivity (Wildman–Crippen MR) is 348 cm³/mol. The lowest BCUT2D eigenvalue weighted by Gasteiger charge is -2.18. The zero-order valence-corrected chi connectivity index (χ0v) is 53.1. The van der Waals surface area contributed by atoms with Crippen LogP contribution < -0.4 is 0 Å². The second-order valence-corrected chi connectivity index (χ2v) is 23.1. The van der Waals surface area contributed by atoms with Crippen molar-refractivity contribution in [2.24, 2.45) is 0 Å². The van der Waals surface area contributed by atoms with Crippen LogP contribution in [0.1, 0.15) is 348 Å². The molecular formula is C74H130O6. The Bertz CT molecular complexity index is 1520. The maximum atomic E-state index is 12.9. The number of unbranched alkanes of at least 4 members (excludes halogenated alkanes) is 38. The van der Waals surface area contributed by atoms with Crippen LogP contribution in [0.25, 0.3) is 0 Å². The van der Waals surface area contributed by atoms with Crippen LogP contribution in [0.2, 0.25) is 0 Å². The first-order valence-corrected chi connectivity index (χ1v) is 34.6. The Labute approximate surface area is 496 Å². The van der Waals surface area contributed by atoms with Crippen molar-refractivity contribution in [3.05, 3.63) is 85.1 Å². The molecule has 0 aromatic heterocycles. The lowest BCUT2D eigenvalue weighted by molar-refractivity contribution is -0.167. The summed E-state index contributed by atoms with van der Waals surface area (Å²) in [6.45, 7) is 6.53. The van der Waals surface area contributed by atoms with E-state index in [1.807, 2.05) is 0 Å². The number of hydrogen-bond donors (Lipinski definition) is 0. The molecule has 0 amide bonds. The monoisotopic (exact) mass is 1110 g/mol. The summed E-state index contributed by atoms with van der Waals surface area (Å²) < 4.78 is 16.9. The van der Waals surface area contributed by atoms with E-state index in [9.17, 15) is 14.4 Å². The van der Waals surface area contributed by atoms with Gasteiger partial charge in [-0.05, 0) is 116 Å². The third-order valence-electron chi connectivity index (χ3n) is 15.1. The number of esters is 3. The Morgan fingerprint density at radius 1 is 0.263 bits per heavy atom. The van der Waals surface area contributed by atoms with Gasteiger partial charge in [-0.25, -0.2) is 0 Å². The zero-order chi connectivity index (χ0) is 57.8. The lowest BCUT2D eigenvalue weighted by Crippen LogP contribution is -2.30. The summed E-state index contributed by atoms with van der Waals surface area (Å²) in [4.78, 5) is 38.4. The molecule has 0 saturated carbocycles. The van der Waals surface area contributed by atoms with E-state index in [0.717, 1.165) is 96.3 Å². The molecule has 0 spiro atoms. The molecule has 0 N–H and O–H groups in total. The molecule has 0 aromatic carbocycles. The van der Waals surface area contributed by atoms with Crippen LogP contribution >= 0.6 is 0 Å². The average Bonchev–Trinajstić information content (AvgIpc) is 3.46. The van der Waals surface area contributed by atoms with Gasteiger partial charge in [-0.3, -0.25) is 14.4 Å². The van der Waals surface area contributed by atoms with Crippen LogP contribution in [0, 0.1) is 0 Å². The molecule has 1 atom stereocenters. The number of ether oxygens (including phenoxy) is 3. The molecule has 0 saturated heterocycles. The molecule has 0 aromatic rings. The minimum atomic E-state index is -0.780. The maximum Gasteiger partial charge on any atom is 0.306 e. The molecule has 0 fully saturated rings. The molecule has 0 rings (SSSR count). The van der Waals surface area contributed by atoms with Gasteiger partial charge in [0, 0.05) is 19.3 Å². The van der Waals surface area contributed by atoms with Crippen molar-refractivity contribution in [1.29, 1.82) is 0 Å². The normalized spacial score (nSPS) is 12.6. The standard InChI is InChI=1S/C74H130O6/c1-4-7-10-13-16-19-22-25-27-29-31-32-33-34-35-36-37-38-39-40-41-42-44-45-47-49-52-55-58-61-64-67-73(76)79-70-71(69-78-72(75)66-63-60-57-54-51-24-21-18-15-12-9-6-3)80-74(77)68-65-62-59-56-53-50-48-46-43-30-28-26-23-20-17-14-11-8-5-2/h7,10,16,18-19,21,25-28,31-32,34-35,71H,4-6,8-9,11-15,17,20,22-24,29-30,33,36-70H2,1-3H3/b10-7-,19-16-,21-18-,27-25-,28-26-,32-31-,35-34-. The van der Waals surface area contributed by atoms with Gasteiger partial charge in [0.1, 0.15) is 13.2 Å². The van der Waals surface area contributed by atoms with Crippen molar-refractivity contribution in [3.8, 4) is 0 Å². The van der Waals surface area contributed by atoms with Gasteiger partial charge in [-0.15, -0.1) is 0 Å². The largest absolute Gasteiger partial charge is 0.462 e. The van der Waals surface area contributed by atoms with Crippen LogP contribution in [0.15, 0.2) is 85.1 Å². The molecule has 0 aliphatic carbocycles. The fraction of sp³-hybridized carbons (Fsp3) is 0.770. The number of carbonyl (C=O) groups is 3. The maximum absolute atomic E-state index is 12.9. The first kappa shape index (κ1) is 76.6. The van der Waals surface area contributed by atoms with Gasteiger partial charge < -0.3 is 14.2 Å².